The summed E-state index contributed by atoms with van der Waals surface area (Å²) in [6.07, 6.45) is -3.94. The van der Waals surface area contributed by atoms with Crippen LogP contribution in [-0.2, 0) is 27.1 Å². The molecule has 1 amide bonds. The van der Waals surface area contributed by atoms with Gasteiger partial charge in [0.05, 0.1) is 18.3 Å². The molecule has 4 nitrogen and oxygen atoms in total. The van der Waals surface area contributed by atoms with Crippen LogP contribution in [0.15, 0.2) is 84.9 Å². The Morgan fingerprint density at radius 2 is 1.53 bits per heavy atom. The van der Waals surface area contributed by atoms with Gasteiger partial charge in [-0.05, 0) is 35.2 Å². The number of likely N-dealkylation sites (tertiary alicyclic amines) is 1. The van der Waals surface area contributed by atoms with Gasteiger partial charge in [0.1, 0.15) is 6.61 Å². The number of benzene rings is 3. The third-order valence-electron chi connectivity index (χ3n) is 6.70. The first-order chi connectivity index (χ1) is 17.4. The van der Waals surface area contributed by atoms with Crippen molar-refractivity contribution >= 4 is 5.91 Å². The predicted molar refractivity (Wildman–Crippen MR) is 131 cm³/mol. The van der Waals surface area contributed by atoms with Crippen molar-refractivity contribution in [1.82, 2.24) is 4.90 Å². The first-order valence-corrected chi connectivity index (χ1v) is 12.0. The van der Waals surface area contributed by atoms with Gasteiger partial charge in [0.2, 0.25) is 5.91 Å². The molecule has 3 aromatic carbocycles. The van der Waals surface area contributed by atoms with Crippen LogP contribution in [0, 0.1) is 5.92 Å². The minimum absolute atomic E-state index is 0.0190. The van der Waals surface area contributed by atoms with E-state index in [1.165, 1.54) is 19.2 Å². The van der Waals surface area contributed by atoms with Crippen LogP contribution >= 0.6 is 0 Å². The zero-order chi connectivity index (χ0) is 25.5. The fourth-order valence-electron chi connectivity index (χ4n) is 4.93. The van der Waals surface area contributed by atoms with E-state index in [-0.39, 0.29) is 37.1 Å². The van der Waals surface area contributed by atoms with Crippen LogP contribution in [0.2, 0.25) is 0 Å². The van der Waals surface area contributed by atoms with Crippen molar-refractivity contribution in [1.29, 1.82) is 0 Å². The molecule has 7 heteroatoms. The summed E-state index contributed by atoms with van der Waals surface area (Å²) < 4.78 is 50.3. The maximum absolute atomic E-state index is 12.9. The van der Waals surface area contributed by atoms with Gasteiger partial charge in [-0.2, -0.15) is 13.2 Å². The van der Waals surface area contributed by atoms with Gasteiger partial charge in [-0.3, -0.25) is 4.79 Å². The second kappa shape index (κ2) is 11.7. The Bertz CT molecular complexity index is 1060. The number of ether oxygens (including phenoxy) is 2. The maximum Gasteiger partial charge on any atom is 0.416 e. The molecule has 2 unspecified atom stereocenters. The molecular weight excluding hydrogens is 467 g/mol. The number of methoxy groups -OCH3 is 1. The Morgan fingerprint density at radius 3 is 2.06 bits per heavy atom. The van der Waals surface area contributed by atoms with Crippen molar-refractivity contribution in [2.45, 2.75) is 31.2 Å². The largest absolute Gasteiger partial charge is 0.416 e. The summed E-state index contributed by atoms with van der Waals surface area (Å²) in [5, 5.41) is 0. The van der Waals surface area contributed by atoms with Crippen molar-refractivity contribution < 1.29 is 27.4 Å². The second-order valence-electron chi connectivity index (χ2n) is 9.07. The number of carbonyl (C=O) groups is 1. The molecule has 0 aliphatic carbocycles. The van der Waals surface area contributed by atoms with Crippen LogP contribution in [0.25, 0.3) is 0 Å². The van der Waals surface area contributed by atoms with Gasteiger partial charge in [-0.25, -0.2) is 0 Å². The minimum atomic E-state index is -4.37. The summed E-state index contributed by atoms with van der Waals surface area (Å²) in [6.45, 7) is 1.24. The predicted octanol–water partition coefficient (Wildman–Crippen LogP) is 5.92. The summed E-state index contributed by atoms with van der Waals surface area (Å²) in [5.41, 5.74) is 2.24. The second-order valence-corrected chi connectivity index (χ2v) is 9.07. The monoisotopic (exact) mass is 497 g/mol. The van der Waals surface area contributed by atoms with Crippen LogP contribution in [0.1, 0.15) is 34.6 Å². The Balaban J connectivity index is 1.61. The van der Waals surface area contributed by atoms with Crippen LogP contribution in [0.5, 0.6) is 0 Å². The molecule has 3 aromatic rings. The first-order valence-electron chi connectivity index (χ1n) is 12.0. The van der Waals surface area contributed by atoms with Crippen molar-refractivity contribution in [3.8, 4) is 0 Å². The van der Waals surface area contributed by atoms with Crippen LogP contribution < -0.4 is 0 Å². The van der Waals surface area contributed by atoms with Gasteiger partial charge in [0.25, 0.3) is 0 Å². The number of nitrogens with zero attached hydrogens (tertiary/aromatic N) is 1. The van der Waals surface area contributed by atoms with Gasteiger partial charge in [-0.1, -0.05) is 72.8 Å². The number of rotatable bonds is 8. The third-order valence-corrected chi connectivity index (χ3v) is 6.70. The average Bonchev–Trinajstić information content (AvgIpc) is 2.89. The number of halogens is 3. The Labute approximate surface area is 209 Å². The zero-order valence-corrected chi connectivity index (χ0v) is 20.2. The lowest BCUT2D eigenvalue weighted by Crippen LogP contribution is -2.49. The number of piperidine rings is 1. The number of carbonyl (C=O) groups excluding carboxylic acids is 1. The van der Waals surface area contributed by atoms with Gasteiger partial charge in [-0.15, -0.1) is 0 Å². The number of hydrogen-bond donors (Lipinski definition) is 0. The summed E-state index contributed by atoms with van der Waals surface area (Å²) in [6, 6.07) is 25.4. The lowest BCUT2D eigenvalue weighted by Gasteiger charge is -2.42. The van der Waals surface area contributed by atoms with E-state index in [1.807, 2.05) is 41.3 Å². The lowest BCUT2D eigenvalue weighted by molar-refractivity contribution is -0.141. The fraction of sp³-hybridized carbons (Fsp3) is 0.345. The highest BCUT2D eigenvalue weighted by Crippen LogP contribution is 2.39. The van der Waals surface area contributed by atoms with Crippen molar-refractivity contribution in [3.05, 3.63) is 107 Å². The van der Waals surface area contributed by atoms with Gasteiger partial charge in [0, 0.05) is 32.0 Å². The molecule has 4 rings (SSSR count). The fourth-order valence-corrected chi connectivity index (χ4v) is 4.93. The molecule has 1 saturated heterocycles. The molecule has 0 aromatic heterocycles. The topological polar surface area (TPSA) is 38.8 Å². The molecule has 2 atom stereocenters. The van der Waals surface area contributed by atoms with Gasteiger partial charge in [0.15, 0.2) is 0 Å². The van der Waals surface area contributed by atoms with Crippen molar-refractivity contribution in [3.63, 3.8) is 0 Å². The molecule has 0 spiro atoms. The van der Waals surface area contributed by atoms with E-state index in [4.69, 9.17) is 9.47 Å². The summed E-state index contributed by atoms with van der Waals surface area (Å²) in [7, 11) is 1.51. The highest BCUT2D eigenvalue weighted by atomic mass is 19.4. The lowest BCUT2D eigenvalue weighted by atomic mass is 9.75. The number of alkyl halides is 3. The number of amides is 1. The standard InChI is InChI=1S/C29H30F3NO3/c1-35-20-27(34)33-17-16-26(36-19-21-12-14-24(15-13-21)29(30,31)32)25(18-33)28(22-8-4-2-5-9-22)23-10-6-3-7-11-23/h2-15,25-26,28H,16-20H2,1H3. The highest BCUT2D eigenvalue weighted by molar-refractivity contribution is 5.77. The first kappa shape index (κ1) is 25.9. The van der Waals surface area contributed by atoms with Crippen LogP contribution in [-0.4, -0.2) is 43.7 Å². The zero-order valence-electron chi connectivity index (χ0n) is 20.2. The van der Waals surface area contributed by atoms with Crippen molar-refractivity contribution in [2.75, 3.05) is 26.8 Å². The molecule has 1 aliphatic heterocycles. The van der Waals surface area contributed by atoms with E-state index in [0.29, 0.717) is 25.1 Å². The number of hydrogen-bond acceptors (Lipinski definition) is 3. The Morgan fingerprint density at radius 1 is 0.944 bits per heavy atom. The summed E-state index contributed by atoms with van der Waals surface area (Å²) >= 11 is 0. The Hall–Kier alpha value is -3.16. The molecular formula is C29H30F3NO3. The smallest absolute Gasteiger partial charge is 0.375 e. The molecule has 1 fully saturated rings. The summed E-state index contributed by atoms with van der Waals surface area (Å²) in [5.74, 6) is -0.148. The van der Waals surface area contributed by atoms with Crippen molar-refractivity contribution in [2.24, 2.45) is 5.92 Å². The molecule has 0 bridgehead atoms. The average molecular weight is 498 g/mol. The quantitative estimate of drug-likeness (QED) is 0.388. The molecule has 0 radical (unpaired) electrons. The SMILES string of the molecule is COCC(=O)N1CCC(OCc2ccc(C(F)(F)F)cc2)C(C(c2ccccc2)c2ccccc2)C1. The van der Waals surface area contributed by atoms with E-state index in [1.54, 1.807) is 0 Å². The van der Waals surface area contributed by atoms with Crippen LogP contribution in [0.4, 0.5) is 13.2 Å². The van der Waals surface area contributed by atoms with Crippen LogP contribution in [0.3, 0.4) is 0 Å². The third kappa shape index (κ3) is 6.33. The molecule has 36 heavy (non-hydrogen) atoms. The van der Waals surface area contributed by atoms with Gasteiger partial charge < -0.3 is 14.4 Å². The van der Waals surface area contributed by atoms with E-state index < -0.39 is 11.7 Å². The molecule has 0 N–H and O–H groups in total. The Kier molecular flexibility index (Phi) is 8.44. The van der Waals surface area contributed by atoms with E-state index in [0.717, 1.165) is 23.3 Å². The molecule has 190 valence electrons. The highest BCUT2D eigenvalue weighted by Gasteiger charge is 2.38. The normalized spacial score (nSPS) is 18.4. The maximum atomic E-state index is 12.9. The minimum Gasteiger partial charge on any atom is -0.375 e. The van der Waals surface area contributed by atoms with E-state index >= 15 is 0 Å². The molecule has 0 saturated carbocycles. The van der Waals surface area contributed by atoms with E-state index in [9.17, 15) is 18.0 Å². The summed E-state index contributed by atoms with van der Waals surface area (Å²) in [4.78, 5) is 14.5. The molecule has 1 aliphatic rings. The van der Waals surface area contributed by atoms with E-state index in [2.05, 4.69) is 24.3 Å². The van der Waals surface area contributed by atoms with Gasteiger partial charge >= 0.3 is 6.18 Å². The molecule has 1 heterocycles.